The van der Waals surface area contributed by atoms with Crippen molar-refractivity contribution < 1.29 is 22.3 Å². The normalized spacial score (nSPS) is 12.8. The van der Waals surface area contributed by atoms with E-state index in [4.69, 9.17) is 5.11 Å². The molecule has 0 unspecified atom stereocenters. The lowest BCUT2D eigenvalue weighted by atomic mass is 10.2. The second-order valence-corrected chi connectivity index (χ2v) is 5.19. The Morgan fingerprint density at radius 2 is 1.73 bits per heavy atom. The van der Waals surface area contributed by atoms with Gasteiger partial charge in [0.2, 0.25) is 9.84 Å². The molecule has 1 aromatic rings. The number of sulfone groups is 1. The maximum absolute atomic E-state index is 12.9. The van der Waals surface area contributed by atoms with Gasteiger partial charge in [-0.3, -0.25) is 0 Å². The van der Waals surface area contributed by atoms with E-state index in [0.29, 0.717) is 0 Å². The first-order chi connectivity index (χ1) is 6.81. The molecule has 0 saturated carbocycles. The van der Waals surface area contributed by atoms with Gasteiger partial charge in [0.25, 0.3) is 0 Å². The van der Waals surface area contributed by atoms with Crippen LogP contribution in [0.5, 0.6) is 0 Å². The second kappa shape index (κ2) is 3.86. The molecule has 6 heteroatoms. The van der Waals surface area contributed by atoms with Gasteiger partial charge in [-0.1, -0.05) is 17.7 Å². The summed E-state index contributed by atoms with van der Waals surface area (Å²) in [6.45, 7) is -0.0101. The number of aliphatic hydroxyl groups excluding tert-OH is 1. The number of halogens is 2. The predicted molar refractivity (Wildman–Crippen MR) is 50.4 cm³/mol. The Balaban J connectivity index is 3.24. The summed E-state index contributed by atoms with van der Waals surface area (Å²) in [6, 6.07) is 5.02. The molecule has 0 fully saturated rings. The van der Waals surface area contributed by atoms with Crippen LogP contribution in [0.25, 0.3) is 0 Å². The molecular weight excluding hydrogens is 226 g/mol. The molecule has 0 heterocycles. The molecule has 1 N–H and O–H groups in total. The molecular formula is C9H10F2O3S. The Kier molecular flexibility index (Phi) is 3.11. The fourth-order valence-corrected chi connectivity index (χ4v) is 1.98. The third kappa shape index (κ3) is 2.15. The molecule has 1 aromatic carbocycles. The average molecular weight is 236 g/mol. The van der Waals surface area contributed by atoms with Gasteiger partial charge in [0.15, 0.2) is 0 Å². The van der Waals surface area contributed by atoms with E-state index in [1.807, 2.05) is 0 Å². The van der Waals surface area contributed by atoms with Crippen LogP contribution in [0.4, 0.5) is 8.78 Å². The molecule has 1 rings (SSSR count). The minimum absolute atomic E-state index is 0.493. The van der Waals surface area contributed by atoms with Crippen LogP contribution in [0.3, 0.4) is 0 Å². The molecule has 0 spiro atoms. The second-order valence-electron chi connectivity index (χ2n) is 3.11. The fraction of sp³-hybridized carbons (Fsp3) is 0.333. The molecule has 0 radical (unpaired) electrons. The van der Waals surface area contributed by atoms with E-state index in [0.717, 1.165) is 17.7 Å². The summed E-state index contributed by atoms with van der Waals surface area (Å²) >= 11 is 0. The first-order valence-corrected chi connectivity index (χ1v) is 5.59. The van der Waals surface area contributed by atoms with E-state index in [1.165, 1.54) is 12.1 Å². The summed E-state index contributed by atoms with van der Waals surface area (Å²) in [4.78, 5) is -0.493. The number of benzene rings is 1. The highest BCUT2D eigenvalue weighted by atomic mass is 32.2. The molecule has 0 aliphatic rings. The van der Waals surface area contributed by atoms with E-state index < -0.39 is 26.6 Å². The average Bonchev–Trinajstić information content (AvgIpc) is 2.18. The Morgan fingerprint density at radius 3 is 2.13 bits per heavy atom. The number of aryl methyl sites for hydroxylation is 1. The van der Waals surface area contributed by atoms with Crippen LogP contribution in [0.1, 0.15) is 5.56 Å². The smallest absolute Gasteiger partial charge is 0.372 e. The van der Waals surface area contributed by atoms with Gasteiger partial charge in [-0.2, -0.15) is 8.78 Å². The van der Waals surface area contributed by atoms with Crippen molar-refractivity contribution in [3.63, 3.8) is 0 Å². The highest BCUT2D eigenvalue weighted by Gasteiger charge is 2.45. The Hall–Kier alpha value is -1.01. The van der Waals surface area contributed by atoms with Gasteiger partial charge in [0.05, 0.1) is 4.90 Å². The SMILES string of the molecule is Cc1ccc(S(=O)(=O)C(F)(F)CO)cc1. The van der Waals surface area contributed by atoms with Gasteiger partial charge >= 0.3 is 5.25 Å². The van der Waals surface area contributed by atoms with Gasteiger partial charge < -0.3 is 5.11 Å². The summed E-state index contributed by atoms with van der Waals surface area (Å²) in [5.41, 5.74) is 0.765. The van der Waals surface area contributed by atoms with E-state index in [2.05, 4.69) is 0 Å². The largest absolute Gasteiger partial charge is 0.389 e. The third-order valence-corrected chi connectivity index (χ3v) is 3.72. The van der Waals surface area contributed by atoms with Gasteiger partial charge in [-0.25, -0.2) is 8.42 Å². The minimum atomic E-state index is -4.79. The summed E-state index contributed by atoms with van der Waals surface area (Å²) in [6.07, 6.45) is 0. The number of hydrogen-bond acceptors (Lipinski definition) is 3. The van der Waals surface area contributed by atoms with Crippen LogP contribution in [0, 0.1) is 6.92 Å². The molecule has 84 valence electrons. The maximum atomic E-state index is 12.9. The minimum Gasteiger partial charge on any atom is -0.389 e. The van der Waals surface area contributed by atoms with Gasteiger partial charge in [0.1, 0.15) is 6.61 Å². The van der Waals surface area contributed by atoms with Crippen molar-refractivity contribution in [2.45, 2.75) is 17.1 Å². The third-order valence-electron chi connectivity index (χ3n) is 1.91. The number of alkyl halides is 2. The van der Waals surface area contributed by atoms with E-state index >= 15 is 0 Å². The summed E-state index contributed by atoms with van der Waals surface area (Å²) in [5.74, 6) is 0. The van der Waals surface area contributed by atoms with Crippen molar-refractivity contribution in [1.29, 1.82) is 0 Å². The van der Waals surface area contributed by atoms with Crippen molar-refractivity contribution in [2.24, 2.45) is 0 Å². The molecule has 0 saturated heterocycles. The van der Waals surface area contributed by atoms with Crippen molar-refractivity contribution >= 4 is 9.84 Å². The van der Waals surface area contributed by atoms with E-state index in [-0.39, 0.29) is 0 Å². The maximum Gasteiger partial charge on any atom is 0.372 e. The van der Waals surface area contributed by atoms with Crippen LogP contribution >= 0.6 is 0 Å². The topological polar surface area (TPSA) is 54.4 Å². The lowest BCUT2D eigenvalue weighted by Crippen LogP contribution is -2.32. The molecule has 0 aliphatic carbocycles. The van der Waals surface area contributed by atoms with Crippen molar-refractivity contribution in [3.8, 4) is 0 Å². The van der Waals surface area contributed by atoms with E-state index in [1.54, 1.807) is 6.92 Å². The number of rotatable bonds is 3. The van der Waals surface area contributed by atoms with Crippen molar-refractivity contribution in [2.75, 3.05) is 6.61 Å². The van der Waals surface area contributed by atoms with Crippen molar-refractivity contribution in [1.82, 2.24) is 0 Å². The van der Waals surface area contributed by atoms with Gasteiger partial charge in [-0.15, -0.1) is 0 Å². The van der Waals surface area contributed by atoms with Crippen LogP contribution < -0.4 is 0 Å². The monoisotopic (exact) mass is 236 g/mol. The van der Waals surface area contributed by atoms with Gasteiger partial charge in [0, 0.05) is 0 Å². The number of hydrogen-bond donors (Lipinski definition) is 1. The highest BCUT2D eigenvalue weighted by molar-refractivity contribution is 7.92. The first kappa shape index (κ1) is 12.1. The zero-order valence-electron chi connectivity index (χ0n) is 7.94. The van der Waals surface area contributed by atoms with Gasteiger partial charge in [-0.05, 0) is 19.1 Å². The molecule has 0 amide bonds. The molecule has 0 atom stereocenters. The summed E-state index contributed by atoms with van der Waals surface area (Å²) in [7, 11) is -4.79. The zero-order valence-corrected chi connectivity index (χ0v) is 8.76. The summed E-state index contributed by atoms with van der Waals surface area (Å²) in [5, 5.41) is 4.18. The quantitative estimate of drug-likeness (QED) is 0.862. The summed E-state index contributed by atoms with van der Waals surface area (Å²) < 4.78 is 48.3. The molecule has 3 nitrogen and oxygen atoms in total. The lowest BCUT2D eigenvalue weighted by Gasteiger charge is -2.14. The van der Waals surface area contributed by atoms with Crippen LogP contribution in [-0.2, 0) is 9.84 Å². The number of aliphatic hydroxyl groups is 1. The standard InChI is InChI=1S/C9H10F2O3S/c1-7-2-4-8(5-3-7)15(13,14)9(10,11)6-12/h2-5,12H,6H2,1H3. The molecule has 15 heavy (non-hydrogen) atoms. The molecule has 0 aliphatic heterocycles. The highest BCUT2D eigenvalue weighted by Crippen LogP contribution is 2.28. The van der Waals surface area contributed by atoms with Crippen LogP contribution in [0.2, 0.25) is 0 Å². The fourth-order valence-electron chi connectivity index (χ4n) is 0.975. The van der Waals surface area contributed by atoms with Crippen molar-refractivity contribution in [3.05, 3.63) is 29.8 Å². The first-order valence-electron chi connectivity index (χ1n) is 4.11. The Labute approximate surface area is 86.3 Å². The van der Waals surface area contributed by atoms with Crippen LogP contribution in [-0.4, -0.2) is 25.4 Å². The zero-order chi connectivity index (χ0) is 11.7. The molecule has 0 bridgehead atoms. The van der Waals surface area contributed by atoms with Crippen LogP contribution in [0.15, 0.2) is 29.2 Å². The Bertz CT molecular complexity index is 437. The predicted octanol–water partition coefficient (Wildman–Crippen LogP) is 1.35. The lowest BCUT2D eigenvalue weighted by molar-refractivity contribution is 0.0262. The van der Waals surface area contributed by atoms with E-state index in [9.17, 15) is 17.2 Å². The molecule has 0 aromatic heterocycles. The Morgan fingerprint density at radius 1 is 1.27 bits per heavy atom.